The summed E-state index contributed by atoms with van der Waals surface area (Å²) >= 11 is 0. The number of hydrogen-bond donors (Lipinski definition) is 1. The molecular weight excluding hydrogens is 234 g/mol. The maximum absolute atomic E-state index is 5.98. The second-order valence-electron chi connectivity index (χ2n) is 5.58. The maximum atomic E-state index is 5.98. The van der Waals surface area contributed by atoms with Gasteiger partial charge >= 0.3 is 0 Å². The van der Waals surface area contributed by atoms with Gasteiger partial charge in [0.05, 0.1) is 0 Å². The summed E-state index contributed by atoms with van der Waals surface area (Å²) in [4.78, 5) is 0. The Bertz CT molecular complexity index is 358. The van der Waals surface area contributed by atoms with Gasteiger partial charge in [0.1, 0.15) is 11.9 Å². The van der Waals surface area contributed by atoms with E-state index in [9.17, 15) is 0 Å². The van der Waals surface area contributed by atoms with Crippen molar-refractivity contribution in [1.82, 2.24) is 5.32 Å². The number of nitrogens with one attached hydrogen (secondary N) is 1. The summed E-state index contributed by atoms with van der Waals surface area (Å²) < 4.78 is 5.98. The van der Waals surface area contributed by atoms with E-state index in [2.05, 4.69) is 58.1 Å². The SMILES string of the molecule is CCC(CC)NCC(C)Oc1cccc(C(C)C)c1. The second-order valence-corrected chi connectivity index (χ2v) is 5.58. The van der Waals surface area contributed by atoms with Crippen molar-refractivity contribution in [3.8, 4) is 5.75 Å². The molecule has 1 aromatic carbocycles. The molecule has 0 amide bonds. The zero-order chi connectivity index (χ0) is 14.3. The third-order valence-electron chi connectivity index (χ3n) is 3.54. The lowest BCUT2D eigenvalue weighted by molar-refractivity contribution is 0.210. The van der Waals surface area contributed by atoms with Crippen LogP contribution in [-0.2, 0) is 0 Å². The Balaban J connectivity index is 2.47. The molecule has 0 fully saturated rings. The summed E-state index contributed by atoms with van der Waals surface area (Å²) in [7, 11) is 0. The molecule has 0 bridgehead atoms. The van der Waals surface area contributed by atoms with Crippen molar-refractivity contribution < 1.29 is 4.74 Å². The summed E-state index contributed by atoms with van der Waals surface area (Å²) in [6.45, 7) is 11.9. The van der Waals surface area contributed by atoms with Crippen LogP contribution in [-0.4, -0.2) is 18.7 Å². The smallest absolute Gasteiger partial charge is 0.120 e. The summed E-state index contributed by atoms with van der Waals surface area (Å²) in [5, 5.41) is 3.55. The molecule has 0 aromatic heterocycles. The molecule has 1 N–H and O–H groups in total. The van der Waals surface area contributed by atoms with Crippen LogP contribution in [0.25, 0.3) is 0 Å². The third-order valence-corrected chi connectivity index (χ3v) is 3.54. The molecule has 0 heterocycles. The lowest BCUT2D eigenvalue weighted by atomic mass is 10.0. The Kier molecular flexibility index (Phi) is 6.93. The van der Waals surface area contributed by atoms with E-state index in [1.807, 2.05) is 6.07 Å². The highest BCUT2D eigenvalue weighted by Crippen LogP contribution is 2.20. The van der Waals surface area contributed by atoms with Gasteiger partial charge in [0, 0.05) is 12.6 Å². The molecule has 2 heteroatoms. The number of hydrogen-bond acceptors (Lipinski definition) is 2. The predicted molar refractivity (Wildman–Crippen MR) is 83.0 cm³/mol. The van der Waals surface area contributed by atoms with Crippen molar-refractivity contribution in [2.75, 3.05) is 6.54 Å². The van der Waals surface area contributed by atoms with E-state index in [0.717, 1.165) is 12.3 Å². The van der Waals surface area contributed by atoms with Crippen molar-refractivity contribution in [3.63, 3.8) is 0 Å². The molecule has 1 atom stereocenters. The van der Waals surface area contributed by atoms with Gasteiger partial charge in [-0.1, -0.05) is 39.8 Å². The minimum atomic E-state index is 0.197. The second kappa shape index (κ2) is 8.21. The quantitative estimate of drug-likeness (QED) is 0.752. The zero-order valence-electron chi connectivity index (χ0n) is 13.1. The predicted octanol–water partition coefficient (Wildman–Crippen LogP) is 4.36. The van der Waals surface area contributed by atoms with Crippen molar-refractivity contribution in [3.05, 3.63) is 29.8 Å². The van der Waals surface area contributed by atoms with E-state index in [0.29, 0.717) is 12.0 Å². The van der Waals surface area contributed by atoms with Gasteiger partial charge in [-0.05, 0) is 43.4 Å². The van der Waals surface area contributed by atoms with Gasteiger partial charge in [-0.25, -0.2) is 0 Å². The van der Waals surface area contributed by atoms with Gasteiger partial charge < -0.3 is 10.1 Å². The molecule has 0 aliphatic rings. The molecule has 0 spiro atoms. The molecule has 108 valence electrons. The van der Waals surface area contributed by atoms with Crippen LogP contribution in [0.1, 0.15) is 58.9 Å². The minimum Gasteiger partial charge on any atom is -0.489 e. The molecule has 0 aliphatic heterocycles. The highest BCUT2D eigenvalue weighted by Gasteiger charge is 2.08. The minimum absolute atomic E-state index is 0.197. The molecule has 0 saturated heterocycles. The molecule has 0 saturated carbocycles. The van der Waals surface area contributed by atoms with Crippen LogP contribution in [0, 0.1) is 0 Å². The van der Waals surface area contributed by atoms with Gasteiger partial charge in [-0.3, -0.25) is 0 Å². The average Bonchev–Trinajstić information content (AvgIpc) is 2.40. The summed E-state index contributed by atoms with van der Waals surface area (Å²) in [5.41, 5.74) is 1.33. The first kappa shape index (κ1) is 16.0. The third kappa shape index (κ3) is 5.65. The standard InChI is InChI=1S/C17H29NO/c1-6-16(7-2)18-12-14(5)19-17-10-8-9-15(11-17)13(3)4/h8-11,13-14,16,18H,6-7,12H2,1-5H3. The van der Waals surface area contributed by atoms with Crippen LogP contribution in [0.2, 0.25) is 0 Å². The Hall–Kier alpha value is -1.02. The molecule has 0 aliphatic carbocycles. The van der Waals surface area contributed by atoms with Crippen LogP contribution >= 0.6 is 0 Å². The van der Waals surface area contributed by atoms with Gasteiger partial charge in [0.2, 0.25) is 0 Å². The Labute approximate surface area is 118 Å². The van der Waals surface area contributed by atoms with Gasteiger partial charge in [0.15, 0.2) is 0 Å². The summed E-state index contributed by atoms with van der Waals surface area (Å²) in [6.07, 6.45) is 2.54. The fourth-order valence-corrected chi connectivity index (χ4v) is 2.13. The summed E-state index contributed by atoms with van der Waals surface area (Å²) in [5.74, 6) is 1.52. The highest BCUT2D eigenvalue weighted by molar-refractivity contribution is 5.30. The first-order valence-corrected chi connectivity index (χ1v) is 7.56. The van der Waals surface area contributed by atoms with E-state index >= 15 is 0 Å². The summed E-state index contributed by atoms with van der Waals surface area (Å²) in [6, 6.07) is 9.03. The first-order chi connectivity index (χ1) is 9.06. The average molecular weight is 263 g/mol. The van der Waals surface area contributed by atoms with E-state index in [1.54, 1.807) is 0 Å². The normalized spacial score (nSPS) is 13.0. The molecule has 2 nitrogen and oxygen atoms in total. The number of benzene rings is 1. The van der Waals surface area contributed by atoms with Gasteiger partial charge in [-0.15, -0.1) is 0 Å². The highest BCUT2D eigenvalue weighted by atomic mass is 16.5. The topological polar surface area (TPSA) is 21.3 Å². The largest absolute Gasteiger partial charge is 0.489 e. The van der Waals surface area contributed by atoms with E-state index in [4.69, 9.17) is 4.74 Å². The van der Waals surface area contributed by atoms with Crippen molar-refractivity contribution in [2.24, 2.45) is 0 Å². The van der Waals surface area contributed by atoms with E-state index in [-0.39, 0.29) is 6.10 Å². The van der Waals surface area contributed by atoms with Crippen LogP contribution in [0.4, 0.5) is 0 Å². The maximum Gasteiger partial charge on any atom is 0.120 e. The Morgan fingerprint density at radius 1 is 1.11 bits per heavy atom. The zero-order valence-corrected chi connectivity index (χ0v) is 13.1. The Morgan fingerprint density at radius 3 is 2.37 bits per heavy atom. The fraction of sp³-hybridized carbons (Fsp3) is 0.647. The molecule has 1 aromatic rings. The van der Waals surface area contributed by atoms with Crippen LogP contribution in [0.3, 0.4) is 0 Å². The molecule has 1 rings (SSSR count). The van der Waals surface area contributed by atoms with Crippen LogP contribution < -0.4 is 10.1 Å². The Morgan fingerprint density at radius 2 is 1.79 bits per heavy atom. The molecule has 1 unspecified atom stereocenters. The molecular formula is C17H29NO. The molecule has 0 radical (unpaired) electrons. The van der Waals surface area contributed by atoms with Crippen LogP contribution in [0.15, 0.2) is 24.3 Å². The molecule has 19 heavy (non-hydrogen) atoms. The lowest BCUT2D eigenvalue weighted by Crippen LogP contribution is -2.36. The number of ether oxygens (including phenoxy) is 1. The fourth-order valence-electron chi connectivity index (χ4n) is 2.13. The van der Waals surface area contributed by atoms with Crippen molar-refractivity contribution in [2.45, 2.75) is 65.5 Å². The van der Waals surface area contributed by atoms with Crippen molar-refractivity contribution >= 4 is 0 Å². The van der Waals surface area contributed by atoms with E-state index in [1.165, 1.54) is 18.4 Å². The van der Waals surface area contributed by atoms with Gasteiger partial charge in [0.25, 0.3) is 0 Å². The number of rotatable bonds is 8. The van der Waals surface area contributed by atoms with Crippen molar-refractivity contribution in [1.29, 1.82) is 0 Å². The van der Waals surface area contributed by atoms with Crippen LogP contribution in [0.5, 0.6) is 5.75 Å². The first-order valence-electron chi connectivity index (χ1n) is 7.56. The van der Waals surface area contributed by atoms with Gasteiger partial charge in [-0.2, -0.15) is 0 Å². The van der Waals surface area contributed by atoms with E-state index < -0.39 is 0 Å². The monoisotopic (exact) mass is 263 g/mol. The lowest BCUT2D eigenvalue weighted by Gasteiger charge is -2.20.